The summed E-state index contributed by atoms with van der Waals surface area (Å²) in [6, 6.07) is 2.86. The standard InChI is InChI=1S/C19H20Cl3N3O3S/c1-9-12(10(2)24-19(23-9)29-4)5-6-17(26)28-11(3)18(27)25-16-8-14(21)13(20)7-15(16)22/h7-8,11H,5-6H2,1-4H3,(H,25,27). The fraction of sp³-hybridized carbons (Fsp3) is 0.368. The van der Waals surface area contributed by atoms with Crippen LogP contribution in [0.5, 0.6) is 0 Å². The normalized spacial score (nSPS) is 11.8. The highest BCUT2D eigenvalue weighted by Gasteiger charge is 2.20. The number of aryl methyl sites for hydroxylation is 2. The smallest absolute Gasteiger partial charge is 0.306 e. The monoisotopic (exact) mass is 475 g/mol. The van der Waals surface area contributed by atoms with Gasteiger partial charge in [0.1, 0.15) is 0 Å². The molecule has 1 heterocycles. The molecule has 0 fully saturated rings. The quantitative estimate of drug-likeness (QED) is 0.253. The molecule has 1 atom stereocenters. The number of amides is 1. The van der Waals surface area contributed by atoms with E-state index in [1.54, 1.807) is 0 Å². The molecular weight excluding hydrogens is 457 g/mol. The molecule has 2 rings (SSSR count). The summed E-state index contributed by atoms with van der Waals surface area (Å²) in [7, 11) is 0. The second-order valence-electron chi connectivity index (χ2n) is 6.23. The Labute approximate surface area is 188 Å². The van der Waals surface area contributed by atoms with Crippen molar-refractivity contribution in [2.75, 3.05) is 11.6 Å². The van der Waals surface area contributed by atoms with Gasteiger partial charge in [-0.15, -0.1) is 0 Å². The van der Waals surface area contributed by atoms with E-state index in [1.807, 2.05) is 20.1 Å². The molecule has 1 unspecified atom stereocenters. The lowest BCUT2D eigenvalue weighted by Crippen LogP contribution is -2.30. The summed E-state index contributed by atoms with van der Waals surface area (Å²) in [5, 5.41) is 4.01. The van der Waals surface area contributed by atoms with Crippen LogP contribution in [-0.2, 0) is 20.7 Å². The van der Waals surface area contributed by atoms with E-state index in [1.165, 1.54) is 30.8 Å². The van der Waals surface area contributed by atoms with Gasteiger partial charge in [-0.05, 0) is 51.1 Å². The van der Waals surface area contributed by atoms with Gasteiger partial charge < -0.3 is 10.1 Å². The van der Waals surface area contributed by atoms with Crippen LogP contribution in [0.25, 0.3) is 0 Å². The summed E-state index contributed by atoms with van der Waals surface area (Å²) < 4.78 is 5.23. The molecule has 2 aromatic rings. The highest BCUT2D eigenvalue weighted by molar-refractivity contribution is 7.98. The van der Waals surface area contributed by atoms with Crippen LogP contribution >= 0.6 is 46.6 Å². The molecule has 0 bridgehead atoms. The number of anilines is 1. The minimum absolute atomic E-state index is 0.106. The number of carbonyl (C=O) groups is 2. The lowest BCUT2D eigenvalue weighted by molar-refractivity contribution is -0.153. The summed E-state index contributed by atoms with van der Waals surface area (Å²) in [5.74, 6) is -1.03. The van der Waals surface area contributed by atoms with Gasteiger partial charge in [-0.2, -0.15) is 0 Å². The molecule has 6 nitrogen and oxygen atoms in total. The Kier molecular flexibility index (Phi) is 8.58. The fourth-order valence-electron chi connectivity index (χ4n) is 2.55. The number of hydrogen-bond donors (Lipinski definition) is 1. The maximum Gasteiger partial charge on any atom is 0.306 e. The van der Waals surface area contributed by atoms with Crippen LogP contribution in [0.4, 0.5) is 5.69 Å². The third-order valence-electron chi connectivity index (χ3n) is 4.11. The maximum absolute atomic E-state index is 12.3. The van der Waals surface area contributed by atoms with Gasteiger partial charge in [0.25, 0.3) is 5.91 Å². The zero-order valence-corrected chi connectivity index (χ0v) is 19.4. The first kappa shape index (κ1) is 23.7. The van der Waals surface area contributed by atoms with Gasteiger partial charge in [-0.3, -0.25) is 9.59 Å². The van der Waals surface area contributed by atoms with E-state index >= 15 is 0 Å². The fourth-order valence-corrected chi connectivity index (χ4v) is 3.60. The average molecular weight is 477 g/mol. The van der Waals surface area contributed by atoms with E-state index in [0.717, 1.165) is 17.0 Å². The van der Waals surface area contributed by atoms with Gasteiger partial charge in [-0.25, -0.2) is 9.97 Å². The van der Waals surface area contributed by atoms with Gasteiger partial charge in [0, 0.05) is 17.8 Å². The lowest BCUT2D eigenvalue weighted by Gasteiger charge is -2.15. The third kappa shape index (κ3) is 6.47. The van der Waals surface area contributed by atoms with E-state index < -0.39 is 18.0 Å². The van der Waals surface area contributed by atoms with Crippen LogP contribution in [0.15, 0.2) is 17.3 Å². The molecule has 0 saturated heterocycles. The molecule has 1 amide bonds. The first-order chi connectivity index (χ1) is 13.6. The van der Waals surface area contributed by atoms with E-state index in [-0.39, 0.29) is 27.2 Å². The third-order valence-corrected chi connectivity index (χ3v) is 5.69. The van der Waals surface area contributed by atoms with Gasteiger partial charge in [0.05, 0.1) is 20.8 Å². The lowest BCUT2D eigenvalue weighted by atomic mass is 10.1. The zero-order valence-electron chi connectivity index (χ0n) is 16.3. The number of rotatable bonds is 7. The summed E-state index contributed by atoms with van der Waals surface area (Å²) in [6.45, 7) is 5.24. The molecule has 0 aliphatic heterocycles. The molecule has 1 aromatic carbocycles. The predicted octanol–water partition coefficient (Wildman–Crippen LogP) is 5.28. The second-order valence-corrected chi connectivity index (χ2v) is 8.22. The highest BCUT2D eigenvalue weighted by atomic mass is 35.5. The maximum atomic E-state index is 12.3. The van der Waals surface area contributed by atoms with Gasteiger partial charge >= 0.3 is 5.97 Å². The summed E-state index contributed by atoms with van der Waals surface area (Å²) in [4.78, 5) is 33.3. The largest absolute Gasteiger partial charge is 0.453 e. The van der Waals surface area contributed by atoms with Crippen molar-refractivity contribution in [1.29, 1.82) is 0 Å². The number of halogens is 3. The van der Waals surface area contributed by atoms with Crippen molar-refractivity contribution in [2.24, 2.45) is 0 Å². The number of nitrogens with one attached hydrogen (secondary N) is 1. The van der Waals surface area contributed by atoms with Crippen LogP contribution in [-0.4, -0.2) is 34.2 Å². The molecule has 0 aliphatic rings. The van der Waals surface area contributed by atoms with Crippen LogP contribution in [0.2, 0.25) is 15.1 Å². The summed E-state index contributed by atoms with van der Waals surface area (Å²) >= 11 is 19.3. The Balaban J connectivity index is 1.94. The van der Waals surface area contributed by atoms with Crippen molar-refractivity contribution >= 4 is 64.1 Å². The Hall–Kier alpha value is -1.54. The highest BCUT2D eigenvalue weighted by Crippen LogP contribution is 2.32. The molecule has 0 saturated carbocycles. The predicted molar refractivity (Wildman–Crippen MR) is 117 cm³/mol. The minimum atomic E-state index is -1.01. The Morgan fingerprint density at radius 3 is 2.28 bits per heavy atom. The number of ether oxygens (including phenoxy) is 1. The number of thioether (sulfide) groups is 1. The van der Waals surface area contributed by atoms with Crippen LogP contribution in [0, 0.1) is 13.8 Å². The van der Waals surface area contributed by atoms with E-state index in [4.69, 9.17) is 39.5 Å². The van der Waals surface area contributed by atoms with E-state index in [9.17, 15) is 9.59 Å². The number of esters is 1. The molecular formula is C19H20Cl3N3O3S. The molecule has 0 radical (unpaired) electrons. The number of nitrogens with zero attached hydrogens (tertiary/aromatic N) is 2. The second kappa shape index (κ2) is 10.5. The molecule has 1 aromatic heterocycles. The number of benzene rings is 1. The SMILES string of the molecule is CSc1nc(C)c(CCC(=O)OC(C)C(=O)Nc2cc(Cl)c(Cl)cc2Cl)c(C)n1. The number of carbonyl (C=O) groups excluding carboxylic acids is 2. The van der Waals surface area contributed by atoms with Crippen molar-refractivity contribution in [2.45, 2.75) is 44.9 Å². The first-order valence-electron chi connectivity index (χ1n) is 8.65. The summed E-state index contributed by atoms with van der Waals surface area (Å²) in [5.41, 5.74) is 2.84. The van der Waals surface area contributed by atoms with Crippen molar-refractivity contribution in [3.8, 4) is 0 Å². The van der Waals surface area contributed by atoms with E-state index in [0.29, 0.717) is 11.6 Å². The van der Waals surface area contributed by atoms with Gasteiger partial charge in [0.2, 0.25) is 0 Å². The molecule has 156 valence electrons. The molecule has 29 heavy (non-hydrogen) atoms. The van der Waals surface area contributed by atoms with Crippen molar-refractivity contribution in [3.05, 3.63) is 44.2 Å². The van der Waals surface area contributed by atoms with Crippen LogP contribution in [0.3, 0.4) is 0 Å². The van der Waals surface area contributed by atoms with Crippen LogP contribution in [0.1, 0.15) is 30.3 Å². The Bertz CT molecular complexity index is 917. The zero-order chi connectivity index (χ0) is 21.7. The minimum Gasteiger partial charge on any atom is -0.453 e. The van der Waals surface area contributed by atoms with Crippen molar-refractivity contribution in [1.82, 2.24) is 9.97 Å². The first-order valence-corrected chi connectivity index (χ1v) is 11.0. The van der Waals surface area contributed by atoms with Crippen molar-refractivity contribution in [3.63, 3.8) is 0 Å². The van der Waals surface area contributed by atoms with Crippen LogP contribution < -0.4 is 5.32 Å². The van der Waals surface area contributed by atoms with Crippen molar-refractivity contribution < 1.29 is 14.3 Å². The molecule has 1 N–H and O–H groups in total. The van der Waals surface area contributed by atoms with Gasteiger partial charge in [-0.1, -0.05) is 46.6 Å². The molecule has 0 spiro atoms. The molecule has 10 heteroatoms. The average Bonchev–Trinajstić information content (AvgIpc) is 2.64. The molecule has 0 aliphatic carbocycles. The Morgan fingerprint density at radius 2 is 1.69 bits per heavy atom. The van der Waals surface area contributed by atoms with Gasteiger partial charge in [0.15, 0.2) is 11.3 Å². The topological polar surface area (TPSA) is 81.2 Å². The summed E-state index contributed by atoms with van der Waals surface area (Å²) in [6.07, 6.45) is 1.43. The number of aromatic nitrogens is 2. The van der Waals surface area contributed by atoms with E-state index in [2.05, 4.69) is 15.3 Å². The Morgan fingerprint density at radius 1 is 1.10 bits per heavy atom. The number of hydrogen-bond acceptors (Lipinski definition) is 6.